The number of aromatic amines is 1. The van der Waals surface area contributed by atoms with Crippen molar-refractivity contribution in [3.8, 4) is 0 Å². The van der Waals surface area contributed by atoms with Crippen molar-refractivity contribution in [3.05, 3.63) is 51.8 Å². The zero-order chi connectivity index (χ0) is 30.5. The number of nitrogens with zero attached hydrogens (tertiary/aromatic N) is 1. The molecule has 3 atom stereocenters. The molecule has 4 rings (SSSR count). The van der Waals surface area contributed by atoms with Gasteiger partial charge in [-0.15, -0.1) is 0 Å². The summed E-state index contributed by atoms with van der Waals surface area (Å²) in [5, 5.41) is 4.24. The average molecular weight is 608 g/mol. The van der Waals surface area contributed by atoms with E-state index in [1.807, 2.05) is 30.3 Å². The summed E-state index contributed by atoms with van der Waals surface area (Å²) in [6.45, 7) is 6.62. The van der Waals surface area contributed by atoms with Gasteiger partial charge in [0.15, 0.2) is 5.16 Å². The minimum atomic E-state index is -0.262. The number of hydrogen-bond acceptors (Lipinski definition) is 5. The summed E-state index contributed by atoms with van der Waals surface area (Å²) in [7, 11) is 0. The van der Waals surface area contributed by atoms with Crippen LogP contribution < -0.4 is 10.9 Å². The molecule has 0 spiro atoms. The first-order valence-electron chi connectivity index (χ1n) is 17.5. The van der Waals surface area contributed by atoms with Crippen molar-refractivity contribution in [2.75, 3.05) is 11.1 Å². The lowest BCUT2D eigenvalue weighted by Gasteiger charge is -2.46. The molecular formula is C37H57N3O2S. The Kier molecular flexibility index (Phi) is 13.7. The standard InChI is InChI=1S/C37H57N3O2S/c1-4-5-6-7-8-9-10-11-12-13-14-15-16-17-18-22-25-43-36-39-34-33(35(42)40-36)31(28-23-20-19-21-24-28)32-29(38-34)26-37(2,3)27-30(32)41/h19-21,23-24,29,31-32H,4-18,22,25-27H2,1-3H3,(H2,38,39,40,42). The van der Waals surface area contributed by atoms with Gasteiger partial charge in [0.25, 0.3) is 5.56 Å². The van der Waals surface area contributed by atoms with Crippen LogP contribution in [0.25, 0.3) is 0 Å². The number of fused-ring (bicyclic) bond motifs is 2. The second-order valence-corrected chi connectivity index (χ2v) is 15.0. The topological polar surface area (TPSA) is 74.8 Å². The first-order valence-corrected chi connectivity index (χ1v) is 18.5. The second kappa shape index (κ2) is 17.4. The zero-order valence-electron chi connectivity index (χ0n) is 27.2. The molecule has 1 fully saturated rings. The van der Waals surface area contributed by atoms with Gasteiger partial charge in [0, 0.05) is 30.1 Å². The number of rotatable bonds is 19. The van der Waals surface area contributed by atoms with Crippen LogP contribution >= 0.6 is 11.8 Å². The summed E-state index contributed by atoms with van der Waals surface area (Å²) >= 11 is 1.65. The monoisotopic (exact) mass is 607 g/mol. The highest BCUT2D eigenvalue weighted by Gasteiger charge is 2.49. The van der Waals surface area contributed by atoms with Crippen LogP contribution in [-0.2, 0) is 4.79 Å². The van der Waals surface area contributed by atoms with Gasteiger partial charge >= 0.3 is 0 Å². The fourth-order valence-electron chi connectivity index (χ4n) is 7.30. The van der Waals surface area contributed by atoms with Crippen LogP contribution in [0.5, 0.6) is 0 Å². The molecule has 0 bridgehead atoms. The molecule has 2 heterocycles. The number of thioether (sulfide) groups is 1. The Morgan fingerprint density at radius 1 is 0.814 bits per heavy atom. The maximum Gasteiger partial charge on any atom is 0.257 e. The van der Waals surface area contributed by atoms with Gasteiger partial charge in [0.2, 0.25) is 0 Å². The van der Waals surface area contributed by atoms with Crippen molar-refractivity contribution in [3.63, 3.8) is 0 Å². The van der Waals surface area contributed by atoms with Gasteiger partial charge in [0.1, 0.15) is 11.6 Å². The van der Waals surface area contributed by atoms with Crippen molar-refractivity contribution in [2.24, 2.45) is 11.3 Å². The SMILES string of the molecule is CCCCCCCCCCCCCCCCCCSc1nc2c(c(=O)[nH]1)C(c1ccccc1)C1C(=O)CC(C)(C)CC1N2. The van der Waals surface area contributed by atoms with Crippen LogP contribution in [0.1, 0.15) is 153 Å². The predicted octanol–water partition coefficient (Wildman–Crippen LogP) is 10.1. The highest BCUT2D eigenvalue weighted by molar-refractivity contribution is 7.99. The number of unbranched alkanes of at least 4 members (excludes halogenated alkanes) is 15. The summed E-state index contributed by atoms with van der Waals surface area (Å²) in [6.07, 6.45) is 23.3. The lowest BCUT2D eigenvalue weighted by molar-refractivity contribution is -0.129. The molecule has 238 valence electrons. The molecule has 2 aliphatic rings. The van der Waals surface area contributed by atoms with Gasteiger partial charge in [-0.25, -0.2) is 4.98 Å². The first kappa shape index (κ1) is 33.8. The summed E-state index contributed by atoms with van der Waals surface area (Å²) in [5.74, 6) is 1.37. The molecule has 0 saturated heterocycles. The van der Waals surface area contributed by atoms with E-state index in [9.17, 15) is 9.59 Å². The van der Waals surface area contributed by atoms with Crippen molar-refractivity contribution < 1.29 is 4.79 Å². The molecule has 1 aliphatic carbocycles. The molecule has 43 heavy (non-hydrogen) atoms. The quantitative estimate of drug-likeness (QED) is 0.0944. The zero-order valence-corrected chi connectivity index (χ0v) is 28.0. The molecule has 2 aromatic rings. The largest absolute Gasteiger partial charge is 0.366 e. The van der Waals surface area contributed by atoms with Crippen LogP contribution in [0.15, 0.2) is 40.3 Å². The van der Waals surface area contributed by atoms with E-state index in [0.717, 1.165) is 24.2 Å². The lowest BCUT2D eigenvalue weighted by Crippen LogP contribution is -2.51. The highest BCUT2D eigenvalue weighted by Crippen LogP contribution is 2.48. The van der Waals surface area contributed by atoms with E-state index in [0.29, 0.717) is 23.0 Å². The molecule has 0 amide bonds. The van der Waals surface area contributed by atoms with E-state index >= 15 is 0 Å². The Bertz CT molecular complexity index is 1180. The summed E-state index contributed by atoms with van der Waals surface area (Å²) < 4.78 is 0. The Labute approximate surface area is 265 Å². The van der Waals surface area contributed by atoms with E-state index in [1.54, 1.807) is 11.8 Å². The number of benzene rings is 1. The summed E-state index contributed by atoms with van der Waals surface area (Å²) in [4.78, 5) is 34.9. The van der Waals surface area contributed by atoms with Gasteiger partial charge in [-0.2, -0.15) is 0 Å². The van der Waals surface area contributed by atoms with E-state index in [1.165, 1.54) is 96.3 Å². The number of H-pyrrole nitrogens is 1. The molecule has 1 aromatic heterocycles. The number of hydrogen-bond donors (Lipinski definition) is 2. The van der Waals surface area contributed by atoms with Gasteiger partial charge in [-0.05, 0) is 23.8 Å². The lowest BCUT2D eigenvalue weighted by atomic mass is 9.62. The van der Waals surface area contributed by atoms with Crippen molar-refractivity contribution in [1.29, 1.82) is 0 Å². The van der Waals surface area contributed by atoms with Crippen LogP contribution in [0, 0.1) is 11.3 Å². The normalized spacial score (nSPS) is 20.8. The number of anilines is 1. The second-order valence-electron chi connectivity index (χ2n) is 14.0. The van der Waals surface area contributed by atoms with E-state index in [-0.39, 0.29) is 34.6 Å². The molecule has 1 aliphatic heterocycles. The number of nitrogens with one attached hydrogen (secondary N) is 2. The van der Waals surface area contributed by atoms with Gasteiger partial charge in [0.05, 0.1) is 5.56 Å². The number of carbonyl (C=O) groups excluding carboxylic acids is 1. The Balaban J connectivity index is 1.18. The van der Waals surface area contributed by atoms with Crippen LogP contribution in [0.2, 0.25) is 0 Å². The van der Waals surface area contributed by atoms with Crippen LogP contribution in [0.4, 0.5) is 5.82 Å². The number of aromatic nitrogens is 2. The Morgan fingerprint density at radius 3 is 1.95 bits per heavy atom. The van der Waals surface area contributed by atoms with E-state index < -0.39 is 0 Å². The molecule has 5 nitrogen and oxygen atoms in total. The Morgan fingerprint density at radius 2 is 1.37 bits per heavy atom. The van der Waals surface area contributed by atoms with E-state index in [2.05, 4.69) is 31.1 Å². The third kappa shape index (κ3) is 10.2. The van der Waals surface area contributed by atoms with Gasteiger partial charge in [-0.3, -0.25) is 9.59 Å². The van der Waals surface area contributed by atoms with Crippen molar-refractivity contribution in [1.82, 2.24) is 9.97 Å². The Hall–Kier alpha value is -2.08. The predicted molar refractivity (Wildman–Crippen MR) is 182 cm³/mol. The van der Waals surface area contributed by atoms with Crippen molar-refractivity contribution in [2.45, 2.75) is 153 Å². The minimum absolute atomic E-state index is 0.0126. The molecule has 1 aromatic carbocycles. The van der Waals surface area contributed by atoms with Gasteiger partial charge in [-0.1, -0.05) is 159 Å². The maximum absolute atomic E-state index is 13.5. The third-order valence-corrected chi connectivity index (χ3v) is 10.5. The summed E-state index contributed by atoms with van der Waals surface area (Å²) in [5.41, 5.74) is 1.47. The molecule has 2 N–H and O–H groups in total. The number of carbonyl (C=O) groups is 1. The summed E-state index contributed by atoms with van der Waals surface area (Å²) in [6, 6.07) is 10.0. The first-order chi connectivity index (χ1) is 20.9. The maximum atomic E-state index is 13.5. The fourth-order valence-corrected chi connectivity index (χ4v) is 8.17. The van der Waals surface area contributed by atoms with Crippen LogP contribution in [-0.4, -0.2) is 27.5 Å². The smallest absolute Gasteiger partial charge is 0.257 e. The molecular weight excluding hydrogens is 550 g/mol. The molecule has 1 saturated carbocycles. The molecule has 3 unspecified atom stereocenters. The molecule has 0 radical (unpaired) electrons. The highest BCUT2D eigenvalue weighted by atomic mass is 32.2. The molecule has 6 heteroatoms. The van der Waals surface area contributed by atoms with Gasteiger partial charge < -0.3 is 10.3 Å². The fraction of sp³-hybridized carbons (Fsp3) is 0.703. The average Bonchev–Trinajstić information content (AvgIpc) is 2.97. The van der Waals surface area contributed by atoms with Crippen molar-refractivity contribution >= 4 is 23.4 Å². The minimum Gasteiger partial charge on any atom is -0.366 e. The number of ketones is 1. The third-order valence-electron chi connectivity index (χ3n) is 9.55. The van der Waals surface area contributed by atoms with Crippen LogP contribution in [0.3, 0.4) is 0 Å². The number of Topliss-reactive ketones (excluding diaryl/α,β-unsaturated/α-hetero) is 1. The van der Waals surface area contributed by atoms with E-state index in [4.69, 9.17) is 4.98 Å².